The fourth-order valence-corrected chi connectivity index (χ4v) is 2.02. The average Bonchev–Trinajstić information content (AvgIpc) is 2.97. The largest absolute Gasteiger partial charge is 1.00 e. The van der Waals surface area contributed by atoms with E-state index >= 15 is 0 Å². The predicted octanol–water partition coefficient (Wildman–Crippen LogP) is -0.318. The molecule has 0 saturated heterocycles. The Hall–Kier alpha value is -0.140. The van der Waals surface area contributed by atoms with Crippen LogP contribution in [0.5, 0.6) is 0 Å². The second-order valence-electron chi connectivity index (χ2n) is 5.57. The number of rotatable bonds is 0. The zero-order chi connectivity index (χ0) is 15.8. The second-order valence-corrected chi connectivity index (χ2v) is 14.9. The molecular formula is C19H24Cl2SiZr-2. The third-order valence-corrected chi connectivity index (χ3v) is 2.96. The second kappa shape index (κ2) is 13.2. The van der Waals surface area contributed by atoms with Crippen molar-refractivity contribution in [2.24, 2.45) is 0 Å². The van der Waals surface area contributed by atoms with Crippen molar-refractivity contribution in [1.29, 1.82) is 0 Å². The molecule has 0 spiro atoms. The maximum Gasteiger partial charge on any atom is -0.0635 e. The quantitative estimate of drug-likeness (QED) is 0.331. The number of aryl methyl sites for hydroxylation is 3. The van der Waals surface area contributed by atoms with E-state index in [1.807, 2.05) is 0 Å². The third kappa shape index (κ3) is 10.4. The van der Waals surface area contributed by atoms with Gasteiger partial charge in [-0.25, -0.2) is 11.6 Å². The van der Waals surface area contributed by atoms with Gasteiger partial charge in [0, 0.05) is 0 Å². The van der Waals surface area contributed by atoms with Crippen molar-refractivity contribution in [3.05, 3.63) is 71.3 Å². The van der Waals surface area contributed by atoms with Gasteiger partial charge in [0.1, 0.15) is 0 Å². The van der Waals surface area contributed by atoms with Crippen LogP contribution in [0.25, 0.3) is 10.8 Å². The van der Waals surface area contributed by atoms with Crippen molar-refractivity contribution in [3.63, 3.8) is 0 Å². The zero-order valence-electron chi connectivity index (χ0n) is 14.5. The zero-order valence-corrected chi connectivity index (χ0v) is 19.4. The van der Waals surface area contributed by atoms with Crippen molar-refractivity contribution >= 4 is 16.2 Å². The minimum Gasteiger partial charge on any atom is -1.00 e. The van der Waals surface area contributed by atoms with Crippen LogP contribution in [0.3, 0.4) is 0 Å². The fraction of sp³-hybridized carbons (Fsp3) is 0.263. The van der Waals surface area contributed by atoms with E-state index in [0.717, 1.165) is 0 Å². The molecule has 0 amide bonds. The Morgan fingerprint density at radius 2 is 1.48 bits per heavy atom. The number of halogens is 2. The van der Waals surface area contributed by atoms with E-state index in [-0.39, 0.29) is 30.2 Å². The van der Waals surface area contributed by atoms with E-state index in [4.69, 9.17) is 0 Å². The van der Waals surface area contributed by atoms with E-state index < -0.39 is 0 Å². The van der Waals surface area contributed by atoms with Gasteiger partial charge in [0.05, 0.1) is 0 Å². The molecule has 0 aliphatic rings. The van der Waals surface area contributed by atoms with Crippen LogP contribution in [0.1, 0.15) is 16.7 Å². The van der Waals surface area contributed by atoms with Crippen LogP contribution in [0.4, 0.5) is 0 Å². The minimum atomic E-state index is 0. The Morgan fingerprint density at radius 3 is 1.87 bits per heavy atom. The van der Waals surface area contributed by atoms with Gasteiger partial charge in [-0.05, 0) is 0 Å². The first-order chi connectivity index (χ1) is 9.90. The van der Waals surface area contributed by atoms with E-state index in [2.05, 4.69) is 88.5 Å². The summed E-state index contributed by atoms with van der Waals surface area (Å²) in [6.07, 6.45) is 0. The number of hydrogen-bond donors (Lipinski definition) is 0. The van der Waals surface area contributed by atoms with E-state index in [1.54, 1.807) is 23.3 Å². The summed E-state index contributed by atoms with van der Waals surface area (Å²) >= 11 is 1.74. The standard InChI is InChI=1S/C10H9.C7H9.C2H6Si.2ClH.Zr/c1-8-6-7-9-4-2-3-5-10(8)9;1-6-3-4-7(2)5-6;1-3-2;;;/h2-7H,1H3;3-5H,1-2H3;1-2H3;2*1H;/q2*-1;;;;+2/p-2. The van der Waals surface area contributed by atoms with Gasteiger partial charge in [-0.1, -0.05) is 26.8 Å². The maximum absolute atomic E-state index is 2.31. The molecule has 23 heavy (non-hydrogen) atoms. The molecule has 0 N–H and O–H groups in total. The molecule has 0 bridgehead atoms. The SMILES string of the molecule is C[Si](C)=[Zr+2].Cc1c[cH-]c(C)c1.Cc1c[cH-]c2ccccc12.[Cl-].[Cl-]. The van der Waals surface area contributed by atoms with Crippen LogP contribution in [0, 0.1) is 20.8 Å². The van der Waals surface area contributed by atoms with Crippen molar-refractivity contribution in [1.82, 2.24) is 0 Å². The molecule has 0 aliphatic heterocycles. The van der Waals surface area contributed by atoms with Gasteiger partial charge >= 0.3 is 41.9 Å². The molecule has 0 nitrogen and oxygen atoms in total. The normalized spacial score (nSPS) is 8.65. The summed E-state index contributed by atoms with van der Waals surface area (Å²) in [5.41, 5.74) is 4.30. The van der Waals surface area contributed by atoms with E-state index in [0.29, 0.717) is 0 Å². The molecule has 3 aromatic rings. The topological polar surface area (TPSA) is 0 Å². The molecule has 124 valence electrons. The van der Waals surface area contributed by atoms with Gasteiger partial charge < -0.3 is 24.8 Å². The first-order valence-electron chi connectivity index (χ1n) is 7.23. The summed E-state index contributed by atoms with van der Waals surface area (Å²) in [5, 5.41) is 2.72. The summed E-state index contributed by atoms with van der Waals surface area (Å²) in [7, 11) is 0. The Bertz CT molecular complexity index is 678. The summed E-state index contributed by atoms with van der Waals surface area (Å²) in [6.45, 7) is 11.0. The van der Waals surface area contributed by atoms with Crippen LogP contribution in [-0.4, -0.2) is 5.43 Å². The third-order valence-electron chi connectivity index (χ3n) is 2.96. The number of fused-ring (bicyclic) bond motifs is 1. The number of benzene rings is 1. The molecule has 0 aliphatic carbocycles. The molecular weight excluding hydrogens is 418 g/mol. The van der Waals surface area contributed by atoms with E-state index in [9.17, 15) is 0 Å². The van der Waals surface area contributed by atoms with Gasteiger partial charge in [-0.3, -0.25) is 0 Å². The van der Waals surface area contributed by atoms with Gasteiger partial charge in [0.2, 0.25) is 0 Å². The summed E-state index contributed by atoms with van der Waals surface area (Å²) in [5.74, 6) is 0. The summed E-state index contributed by atoms with van der Waals surface area (Å²) in [4.78, 5) is 0. The summed E-state index contributed by atoms with van der Waals surface area (Å²) in [6, 6.07) is 19.2. The first-order valence-corrected chi connectivity index (χ1v) is 13.4. The molecule has 3 aromatic carbocycles. The van der Waals surface area contributed by atoms with Gasteiger partial charge in [0.25, 0.3) is 0 Å². The van der Waals surface area contributed by atoms with Crippen LogP contribution in [0.15, 0.2) is 54.6 Å². The van der Waals surface area contributed by atoms with Crippen molar-refractivity contribution < 1.29 is 48.1 Å². The minimum absolute atomic E-state index is 0. The van der Waals surface area contributed by atoms with Gasteiger partial charge in [0.15, 0.2) is 0 Å². The van der Waals surface area contributed by atoms with Crippen LogP contribution in [-0.2, 0) is 23.3 Å². The fourth-order valence-electron chi connectivity index (χ4n) is 2.02. The van der Waals surface area contributed by atoms with Crippen LogP contribution >= 0.6 is 0 Å². The van der Waals surface area contributed by atoms with Crippen molar-refractivity contribution in [2.45, 2.75) is 33.9 Å². The average molecular weight is 443 g/mol. The molecule has 0 saturated carbocycles. The monoisotopic (exact) mass is 440 g/mol. The van der Waals surface area contributed by atoms with Crippen molar-refractivity contribution in [2.75, 3.05) is 0 Å². The molecule has 4 heteroatoms. The van der Waals surface area contributed by atoms with Crippen molar-refractivity contribution in [3.8, 4) is 0 Å². The van der Waals surface area contributed by atoms with Crippen LogP contribution in [0.2, 0.25) is 13.1 Å². The molecule has 0 unspecified atom stereocenters. The Labute approximate surface area is 168 Å². The van der Waals surface area contributed by atoms with Crippen LogP contribution < -0.4 is 24.8 Å². The first kappa shape index (κ1) is 25.1. The Balaban J connectivity index is 0. The predicted molar refractivity (Wildman–Crippen MR) is 93.3 cm³/mol. The maximum atomic E-state index is 2.31. The molecule has 0 radical (unpaired) electrons. The smallest absolute Gasteiger partial charge is 0.0635 e. The van der Waals surface area contributed by atoms with Gasteiger partial charge in [-0.2, -0.15) is 29.3 Å². The van der Waals surface area contributed by atoms with E-state index in [1.165, 1.54) is 27.5 Å². The molecule has 0 aromatic heterocycles. The summed E-state index contributed by atoms with van der Waals surface area (Å²) < 4.78 is 0. The molecule has 0 atom stereocenters. The Kier molecular flexibility index (Phi) is 14.4. The van der Waals surface area contributed by atoms with Gasteiger partial charge in [-0.15, -0.1) is 35.0 Å². The Morgan fingerprint density at radius 1 is 0.913 bits per heavy atom. The molecule has 0 heterocycles. The molecule has 3 rings (SSSR count). The molecule has 0 fully saturated rings. The number of hydrogen-bond acceptors (Lipinski definition) is 0.